The molecule has 0 aromatic rings. The minimum absolute atomic E-state index is 0. The molecule has 0 saturated carbocycles. The summed E-state index contributed by atoms with van der Waals surface area (Å²) in [6, 6.07) is 0. The number of halogens is 3. The van der Waals surface area contributed by atoms with Crippen molar-refractivity contribution < 1.29 is 18.7 Å². The molecule has 0 radical (unpaired) electrons. The molecule has 1 N–H and O–H groups in total. The Morgan fingerprint density at radius 3 is 2.10 bits per heavy atom. The van der Waals surface area contributed by atoms with E-state index >= 15 is 0 Å². The molecule has 10 heavy (non-hydrogen) atoms. The fourth-order valence-corrected chi connectivity index (χ4v) is 0.326. The molecule has 0 heterocycles. The van der Waals surface area contributed by atoms with E-state index in [4.69, 9.17) is 5.11 Å². The predicted octanol–water partition coefficient (Wildman–Crippen LogP) is 1.93. The largest absolute Gasteiger partial charge is 0.481 e. The minimum Gasteiger partial charge on any atom is -0.481 e. The highest BCUT2D eigenvalue weighted by Gasteiger charge is 2.21. The highest BCUT2D eigenvalue weighted by Crippen LogP contribution is 2.17. The molecule has 62 valence electrons. The van der Waals surface area contributed by atoms with Gasteiger partial charge in [-0.25, -0.2) is 8.78 Å². The van der Waals surface area contributed by atoms with Crippen LogP contribution in [0.3, 0.4) is 0 Å². The molecular formula is C5H9ClF2O2. The minimum atomic E-state index is -2.85. The maximum Gasteiger partial charge on any atom is 0.303 e. The maximum atomic E-state index is 11.8. The Kier molecular flexibility index (Phi) is 5.46. The highest BCUT2D eigenvalue weighted by atomic mass is 35.5. The molecular weight excluding hydrogens is 166 g/mol. The molecule has 0 spiro atoms. The van der Waals surface area contributed by atoms with Gasteiger partial charge in [0.15, 0.2) is 0 Å². The number of rotatable bonds is 3. The van der Waals surface area contributed by atoms with Crippen molar-refractivity contribution in [2.75, 3.05) is 0 Å². The Bertz CT molecular complexity index is 111. The molecule has 2 nitrogen and oxygen atoms in total. The van der Waals surface area contributed by atoms with Gasteiger partial charge in [-0.05, 0) is 6.92 Å². The van der Waals surface area contributed by atoms with Crippen molar-refractivity contribution in [2.45, 2.75) is 25.7 Å². The maximum absolute atomic E-state index is 11.8. The van der Waals surface area contributed by atoms with E-state index in [1.54, 1.807) is 0 Å². The van der Waals surface area contributed by atoms with E-state index in [0.29, 0.717) is 6.92 Å². The molecule has 0 aromatic carbocycles. The summed E-state index contributed by atoms with van der Waals surface area (Å²) in [7, 11) is 0. The number of carbonyl (C=O) groups is 1. The Balaban J connectivity index is 0. The van der Waals surface area contributed by atoms with Gasteiger partial charge < -0.3 is 5.11 Å². The summed E-state index contributed by atoms with van der Waals surface area (Å²) in [5.41, 5.74) is 0. The van der Waals surface area contributed by atoms with Crippen LogP contribution in [0.4, 0.5) is 8.78 Å². The second kappa shape index (κ2) is 4.44. The molecule has 0 fully saturated rings. The van der Waals surface area contributed by atoms with Gasteiger partial charge in [-0.2, -0.15) is 0 Å². The second-order valence-corrected chi connectivity index (χ2v) is 1.96. The normalized spacial score (nSPS) is 10.3. The van der Waals surface area contributed by atoms with Crippen molar-refractivity contribution in [1.29, 1.82) is 0 Å². The van der Waals surface area contributed by atoms with Crippen LogP contribution in [-0.2, 0) is 4.79 Å². The lowest BCUT2D eigenvalue weighted by Crippen LogP contribution is -2.11. The average Bonchev–Trinajstić information content (AvgIpc) is 1.59. The van der Waals surface area contributed by atoms with Crippen LogP contribution >= 0.6 is 12.4 Å². The summed E-state index contributed by atoms with van der Waals surface area (Å²) in [4.78, 5) is 9.71. The topological polar surface area (TPSA) is 37.3 Å². The van der Waals surface area contributed by atoms with E-state index in [9.17, 15) is 13.6 Å². The lowest BCUT2D eigenvalue weighted by molar-refractivity contribution is -0.138. The number of carboxylic acids is 1. The number of alkyl halides is 2. The zero-order chi connectivity index (χ0) is 7.49. The first kappa shape index (κ1) is 12.3. The van der Waals surface area contributed by atoms with Gasteiger partial charge in [-0.1, -0.05) is 0 Å². The van der Waals surface area contributed by atoms with Crippen LogP contribution in [0, 0.1) is 0 Å². The zero-order valence-electron chi connectivity index (χ0n) is 5.43. The lowest BCUT2D eigenvalue weighted by Gasteiger charge is -2.05. The monoisotopic (exact) mass is 174 g/mol. The molecule has 0 saturated heterocycles. The summed E-state index contributed by atoms with van der Waals surface area (Å²) >= 11 is 0. The molecule has 5 heteroatoms. The van der Waals surface area contributed by atoms with Crippen molar-refractivity contribution in [3.63, 3.8) is 0 Å². The standard InChI is InChI=1S/C5H8F2O2.ClH/c1-5(6,7)3-2-4(8)9;/h2-3H2,1H3,(H,8,9);1H. The first-order valence-electron chi connectivity index (χ1n) is 2.51. The van der Waals surface area contributed by atoms with Gasteiger partial charge in [0.1, 0.15) is 0 Å². The number of aliphatic carboxylic acids is 1. The van der Waals surface area contributed by atoms with Crippen molar-refractivity contribution in [2.24, 2.45) is 0 Å². The third-order valence-corrected chi connectivity index (χ3v) is 0.778. The lowest BCUT2D eigenvalue weighted by atomic mass is 10.2. The van der Waals surface area contributed by atoms with Crippen molar-refractivity contribution in [3.8, 4) is 0 Å². The molecule has 0 unspecified atom stereocenters. The van der Waals surface area contributed by atoms with E-state index in [1.807, 2.05) is 0 Å². The Labute approximate surface area is 63.6 Å². The van der Waals surface area contributed by atoms with Gasteiger partial charge in [0.25, 0.3) is 0 Å². The van der Waals surface area contributed by atoms with Gasteiger partial charge in [0.2, 0.25) is 5.92 Å². The van der Waals surface area contributed by atoms with E-state index in [2.05, 4.69) is 0 Å². The molecule has 0 amide bonds. The fourth-order valence-electron chi connectivity index (χ4n) is 0.326. The van der Waals surface area contributed by atoms with E-state index in [0.717, 1.165) is 0 Å². The van der Waals surface area contributed by atoms with E-state index in [1.165, 1.54) is 0 Å². The predicted molar refractivity (Wildman–Crippen MR) is 34.7 cm³/mol. The van der Waals surface area contributed by atoms with Crippen LogP contribution in [0.25, 0.3) is 0 Å². The first-order chi connectivity index (χ1) is 3.92. The number of hydrogen-bond donors (Lipinski definition) is 1. The molecule has 0 aromatic heterocycles. The molecule has 0 rings (SSSR count). The van der Waals surface area contributed by atoms with Crippen molar-refractivity contribution >= 4 is 18.4 Å². The van der Waals surface area contributed by atoms with Crippen LogP contribution in [-0.4, -0.2) is 17.0 Å². The van der Waals surface area contributed by atoms with Gasteiger partial charge in [0.05, 0.1) is 6.42 Å². The quantitative estimate of drug-likeness (QED) is 0.710. The third kappa shape index (κ3) is 10.6. The molecule has 0 aliphatic rings. The van der Waals surface area contributed by atoms with Crippen LogP contribution < -0.4 is 0 Å². The van der Waals surface area contributed by atoms with Crippen LogP contribution in [0.1, 0.15) is 19.8 Å². The Hall–Kier alpha value is -0.380. The summed E-state index contributed by atoms with van der Waals surface area (Å²) in [6.07, 6.45) is -1.05. The Morgan fingerprint density at radius 2 is 2.00 bits per heavy atom. The summed E-state index contributed by atoms with van der Waals surface area (Å²) < 4.78 is 23.6. The average molecular weight is 175 g/mol. The third-order valence-electron chi connectivity index (χ3n) is 0.778. The molecule has 0 aliphatic heterocycles. The SMILES string of the molecule is CC(F)(F)CCC(=O)O.Cl. The summed E-state index contributed by atoms with van der Waals surface area (Å²) in [5, 5.41) is 7.94. The van der Waals surface area contributed by atoms with Crippen molar-refractivity contribution in [1.82, 2.24) is 0 Å². The number of carboxylic acid groups (broad SMARTS) is 1. The highest BCUT2D eigenvalue weighted by molar-refractivity contribution is 5.85. The molecule has 0 atom stereocenters. The first-order valence-corrected chi connectivity index (χ1v) is 2.51. The zero-order valence-corrected chi connectivity index (χ0v) is 6.25. The van der Waals surface area contributed by atoms with Crippen LogP contribution in [0.2, 0.25) is 0 Å². The van der Waals surface area contributed by atoms with Gasteiger partial charge in [-0.3, -0.25) is 4.79 Å². The Morgan fingerprint density at radius 1 is 1.60 bits per heavy atom. The number of hydrogen-bond acceptors (Lipinski definition) is 1. The second-order valence-electron chi connectivity index (χ2n) is 1.96. The van der Waals surface area contributed by atoms with Crippen LogP contribution in [0.5, 0.6) is 0 Å². The van der Waals surface area contributed by atoms with Crippen LogP contribution in [0.15, 0.2) is 0 Å². The molecule has 0 aliphatic carbocycles. The summed E-state index contributed by atoms with van der Waals surface area (Å²) in [6.45, 7) is 0.704. The molecule has 0 bridgehead atoms. The van der Waals surface area contributed by atoms with Crippen molar-refractivity contribution in [3.05, 3.63) is 0 Å². The van der Waals surface area contributed by atoms with Gasteiger partial charge >= 0.3 is 5.97 Å². The van der Waals surface area contributed by atoms with E-state index in [-0.39, 0.29) is 12.4 Å². The summed E-state index contributed by atoms with van der Waals surface area (Å²) in [5.74, 6) is -4.03. The van der Waals surface area contributed by atoms with Gasteiger partial charge in [0, 0.05) is 6.42 Å². The fraction of sp³-hybridized carbons (Fsp3) is 0.800. The van der Waals surface area contributed by atoms with E-state index < -0.39 is 24.7 Å². The smallest absolute Gasteiger partial charge is 0.303 e. The van der Waals surface area contributed by atoms with Gasteiger partial charge in [-0.15, -0.1) is 12.4 Å².